The number of carbonyl (C=O) groups excluding carboxylic acids is 1. The summed E-state index contributed by atoms with van der Waals surface area (Å²) in [5.74, 6) is 0.417. The van der Waals surface area contributed by atoms with E-state index in [2.05, 4.69) is 14.9 Å². The van der Waals surface area contributed by atoms with E-state index >= 15 is 0 Å². The highest BCUT2D eigenvalue weighted by atomic mass is 16.5. The largest absolute Gasteiger partial charge is 0.461 e. The second-order valence-electron chi connectivity index (χ2n) is 5.78. The normalized spacial score (nSPS) is 17.8. The number of anilines is 1. The van der Waals surface area contributed by atoms with Crippen LogP contribution in [-0.4, -0.2) is 35.6 Å². The van der Waals surface area contributed by atoms with Crippen molar-refractivity contribution in [3.8, 4) is 0 Å². The van der Waals surface area contributed by atoms with Crippen molar-refractivity contribution in [2.45, 2.75) is 12.8 Å². The molecule has 0 saturated carbocycles. The number of carbonyl (C=O) groups is 1. The summed E-state index contributed by atoms with van der Waals surface area (Å²) >= 11 is 0. The molecule has 1 aliphatic heterocycles. The van der Waals surface area contributed by atoms with Crippen LogP contribution in [0.1, 0.15) is 18.4 Å². The summed E-state index contributed by atoms with van der Waals surface area (Å²) < 4.78 is 5.39. The maximum absolute atomic E-state index is 12.3. The Morgan fingerprint density at radius 1 is 1.21 bits per heavy atom. The van der Waals surface area contributed by atoms with Crippen LogP contribution in [0.5, 0.6) is 0 Å². The van der Waals surface area contributed by atoms with E-state index in [0.717, 1.165) is 24.9 Å². The molecule has 1 aromatic heterocycles. The molecule has 5 nitrogen and oxygen atoms in total. The zero-order chi connectivity index (χ0) is 16.6. The zero-order valence-corrected chi connectivity index (χ0v) is 13.5. The molecule has 1 saturated heterocycles. The van der Waals surface area contributed by atoms with Crippen molar-refractivity contribution in [1.29, 1.82) is 0 Å². The number of nitrogens with zero attached hydrogens (tertiary/aromatic N) is 3. The molecule has 0 bridgehead atoms. The maximum Gasteiger partial charge on any atom is 0.311 e. The lowest BCUT2D eigenvalue weighted by molar-refractivity contribution is -0.147. The molecule has 3 rings (SSSR count). The molecule has 1 fully saturated rings. The van der Waals surface area contributed by atoms with Crippen LogP contribution in [0.25, 0.3) is 6.08 Å². The molecule has 1 aliphatic rings. The lowest BCUT2D eigenvalue weighted by Crippen LogP contribution is -2.40. The third kappa shape index (κ3) is 4.41. The van der Waals surface area contributed by atoms with Gasteiger partial charge in [-0.15, -0.1) is 0 Å². The standard InChI is InChI=1S/C19H21N3O2/c23-18(24-14-5-9-16-7-2-1-3-8-16)17-10-4-13-22(15-17)19-20-11-6-12-21-19/h1-3,5-9,11-12,17H,4,10,13-15H2/b9-5+/t17-/m1/s1. The Kier molecular flexibility index (Phi) is 5.56. The van der Waals surface area contributed by atoms with Gasteiger partial charge in [-0.05, 0) is 30.5 Å². The summed E-state index contributed by atoms with van der Waals surface area (Å²) in [4.78, 5) is 22.8. The molecule has 24 heavy (non-hydrogen) atoms. The number of hydrogen-bond donors (Lipinski definition) is 0. The van der Waals surface area contributed by atoms with Gasteiger partial charge in [0, 0.05) is 25.5 Å². The predicted octanol–water partition coefficient (Wildman–Crippen LogP) is 2.95. The lowest BCUT2D eigenvalue weighted by Gasteiger charge is -2.31. The summed E-state index contributed by atoms with van der Waals surface area (Å²) in [5, 5.41) is 0. The quantitative estimate of drug-likeness (QED) is 0.792. The second-order valence-corrected chi connectivity index (χ2v) is 5.78. The monoisotopic (exact) mass is 323 g/mol. The van der Waals surface area contributed by atoms with Gasteiger partial charge >= 0.3 is 5.97 Å². The molecule has 1 atom stereocenters. The number of piperidine rings is 1. The van der Waals surface area contributed by atoms with Crippen LogP contribution in [0.15, 0.2) is 54.9 Å². The number of aromatic nitrogens is 2. The molecule has 2 heterocycles. The van der Waals surface area contributed by atoms with Crippen LogP contribution in [-0.2, 0) is 9.53 Å². The lowest BCUT2D eigenvalue weighted by atomic mass is 9.98. The molecular formula is C19H21N3O2. The molecule has 1 aromatic carbocycles. The fourth-order valence-corrected chi connectivity index (χ4v) is 2.80. The number of rotatable bonds is 5. The fraction of sp³-hybridized carbons (Fsp3) is 0.316. The predicted molar refractivity (Wildman–Crippen MR) is 93.4 cm³/mol. The minimum atomic E-state index is -0.145. The van der Waals surface area contributed by atoms with Crippen LogP contribution >= 0.6 is 0 Å². The highest BCUT2D eigenvalue weighted by Crippen LogP contribution is 2.21. The molecule has 0 radical (unpaired) electrons. The van der Waals surface area contributed by atoms with Gasteiger partial charge in [-0.1, -0.05) is 36.4 Å². The fourth-order valence-electron chi connectivity index (χ4n) is 2.80. The molecule has 0 unspecified atom stereocenters. The first-order valence-corrected chi connectivity index (χ1v) is 8.23. The summed E-state index contributed by atoms with van der Waals surface area (Å²) in [7, 11) is 0. The van der Waals surface area contributed by atoms with Crippen molar-refractivity contribution in [1.82, 2.24) is 9.97 Å². The smallest absolute Gasteiger partial charge is 0.311 e. The van der Waals surface area contributed by atoms with Gasteiger partial charge in [0.15, 0.2) is 0 Å². The molecular weight excluding hydrogens is 302 g/mol. The first-order valence-electron chi connectivity index (χ1n) is 8.23. The van der Waals surface area contributed by atoms with E-state index in [9.17, 15) is 4.79 Å². The van der Waals surface area contributed by atoms with Crippen LogP contribution in [0.3, 0.4) is 0 Å². The summed E-state index contributed by atoms with van der Waals surface area (Å²) in [5.41, 5.74) is 1.10. The summed E-state index contributed by atoms with van der Waals surface area (Å²) in [6.45, 7) is 1.79. The Morgan fingerprint density at radius 2 is 2.00 bits per heavy atom. The van der Waals surface area contributed by atoms with Crippen molar-refractivity contribution in [2.24, 2.45) is 5.92 Å². The van der Waals surface area contributed by atoms with Gasteiger partial charge in [0.2, 0.25) is 5.95 Å². The van der Waals surface area contributed by atoms with E-state index in [4.69, 9.17) is 4.74 Å². The molecule has 0 aliphatic carbocycles. The van der Waals surface area contributed by atoms with E-state index < -0.39 is 0 Å². The Hall–Kier alpha value is -2.69. The minimum Gasteiger partial charge on any atom is -0.461 e. The van der Waals surface area contributed by atoms with Crippen LogP contribution in [0, 0.1) is 5.92 Å². The topological polar surface area (TPSA) is 55.3 Å². The van der Waals surface area contributed by atoms with Crippen molar-refractivity contribution in [2.75, 3.05) is 24.6 Å². The van der Waals surface area contributed by atoms with Crippen molar-refractivity contribution < 1.29 is 9.53 Å². The van der Waals surface area contributed by atoms with E-state index in [1.165, 1.54) is 0 Å². The van der Waals surface area contributed by atoms with Gasteiger partial charge in [-0.2, -0.15) is 0 Å². The SMILES string of the molecule is O=C(OC/C=C/c1ccccc1)[C@@H]1CCCN(c2ncccn2)C1. The number of ether oxygens (including phenoxy) is 1. The third-order valence-electron chi connectivity index (χ3n) is 4.02. The van der Waals surface area contributed by atoms with Gasteiger partial charge in [0.25, 0.3) is 0 Å². The third-order valence-corrected chi connectivity index (χ3v) is 4.02. The average Bonchev–Trinajstić information content (AvgIpc) is 2.67. The van der Waals surface area contributed by atoms with E-state index in [-0.39, 0.29) is 11.9 Å². The maximum atomic E-state index is 12.3. The van der Waals surface area contributed by atoms with Gasteiger partial charge in [0.05, 0.1) is 5.92 Å². The van der Waals surface area contributed by atoms with Crippen LogP contribution in [0.2, 0.25) is 0 Å². The van der Waals surface area contributed by atoms with Crippen molar-refractivity contribution in [3.05, 3.63) is 60.4 Å². The zero-order valence-electron chi connectivity index (χ0n) is 13.5. The molecule has 0 amide bonds. The molecule has 0 spiro atoms. The van der Waals surface area contributed by atoms with Gasteiger partial charge in [-0.3, -0.25) is 4.79 Å². The second kappa shape index (κ2) is 8.24. The van der Waals surface area contributed by atoms with E-state index in [0.29, 0.717) is 19.1 Å². The highest BCUT2D eigenvalue weighted by Gasteiger charge is 2.27. The number of hydrogen-bond acceptors (Lipinski definition) is 5. The van der Waals surface area contributed by atoms with Crippen molar-refractivity contribution >= 4 is 18.0 Å². The molecule has 5 heteroatoms. The van der Waals surface area contributed by atoms with E-state index in [1.807, 2.05) is 42.5 Å². The number of benzene rings is 1. The Labute approximate surface area is 142 Å². The van der Waals surface area contributed by atoms with Crippen LogP contribution in [0.4, 0.5) is 5.95 Å². The Morgan fingerprint density at radius 3 is 2.79 bits per heavy atom. The highest BCUT2D eigenvalue weighted by molar-refractivity contribution is 5.73. The van der Waals surface area contributed by atoms with Gasteiger partial charge in [0.1, 0.15) is 6.61 Å². The summed E-state index contributed by atoms with van der Waals surface area (Å²) in [6.07, 6.45) is 9.06. The van der Waals surface area contributed by atoms with Crippen molar-refractivity contribution in [3.63, 3.8) is 0 Å². The Bertz CT molecular complexity index is 674. The Balaban J connectivity index is 1.49. The minimum absolute atomic E-state index is 0.118. The van der Waals surface area contributed by atoms with Gasteiger partial charge in [-0.25, -0.2) is 9.97 Å². The number of esters is 1. The first-order chi connectivity index (χ1) is 11.8. The molecule has 0 N–H and O–H groups in total. The average molecular weight is 323 g/mol. The van der Waals surface area contributed by atoms with Crippen LogP contribution < -0.4 is 4.90 Å². The summed E-state index contributed by atoms with van der Waals surface area (Å²) in [6, 6.07) is 11.7. The first kappa shape index (κ1) is 16.2. The van der Waals surface area contributed by atoms with E-state index in [1.54, 1.807) is 18.5 Å². The van der Waals surface area contributed by atoms with Gasteiger partial charge < -0.3 is 9.64 Å². The molecule has 2 aromatic rings. The molecule has 124 valence electrons.